The van der Waals surface area contributed by atoms with E-state index in [1.807, 2.05) is 13.8 Å². The molecule has 18 heavy (non-hydrogen) atoms. The number of methoxy groups -OCH3 is 1. The third kappa shape index (κ3) is 10.6. The summed E-state index contributed by atoms with van der Waals surface area (Å²) in [5.41, 5.74) is -0.345. The Kier molecular flexibility index (Phi) is 7.75. The molecule has 0 amide bonds. The summed E-state index contributed by atoms with van der Waals surface area (Å²) < 4.78 is 26.7. The van der Waals surface area contributed by atoms with E-state index >= 15 is 0 Å². The molecule has 4 nitrogen and oxygen atoms in total. The van der Waals surface area contributed by atoms with E-state index in [0.717, 1.165) is 0 Å². The van der Waals surface area contributed by atoms with Crippen molar-refractivity contribution >= 4 is 28.6 Å². The van der Waals surface area contributed by atoms with Gasteiger partial charge in [0.2, 0.25) is 0 Å². The molecule has 0 aromatic rings. The minimum atomic E-state index is -3.47. The molecule has 0 rings (SSSR count). The molecule has 0 N–H and O–H groups in total. The second-order valence-electron chi connectivity index (χ2n) is 5.94. The maximum atomic E-state index is 11.0. The van der Waals surface area contributed by atoms with E-state index in [4.69, 9.17) is 36.5 Å². The number of rotatable bonds is 9. The van der Waals surface area contributed by atoms with Crippen molar-refractivity contribution in [2.24, 2.45) is 10.8 Å². The summed E-state index contributed by atoms with van der Waals surface area (Å²) in [5, 5.41) is 0. The summed E-state index contributed by atoms with van der Waals surface area (Å²) in [6.07, 6.45) is -3.47. The normalized spacial score (nSPS) is 13.9. The van der Waals surface area contributed by atoms with E-state index in [9.17, 15) is 4.57 Å². The third-order valence-electron chi connectivity index (χ3n) is 2.13. The van der Waals surface area contributed by atoms with Crippen LogP contribution in [-0.2, 0) is 18.6 Å². The topological polar surface area (TPSA) is 44.8 Å². The van der Waals surface area contributed by atoms with Gasteiger partial charge in [-0.2, -0.15) is 0 Å². The predicted molar refractivity (Wildman–Crippen MR) is 75.5 cm³/mol. The SMILES string of the molecule is COCC(C)(C)COCC(C)(C)COP(=O)(Cl)Cl. The average molecular weight is 321 g/mol. The van der Waals surface area contributed by atoms with E-state index in [1.54, 1.807) is 7.11 Å². The van der Waals surface area contributed by atoms with E-state index in [-0.39, 0.29) is 17.4 Å². The van der Waals surface area contributed by atoms with Crippen LogP contribution < -0.4 is 0 Å². The molecule has 7 heteroatoms. The van der Waals surface area contributed by atoms with Gasteiger partial charge in [-0.1, -0.05) is 27.7 Å². The van der Waals surface area contributed by atoms with Gasteiger partial charge in [-0.25, -0.2) is 0 Å². The van der Waals surface area contributed by atoms with Gasteiger partial charge in [-0.15, -0.1) is 0 Å². The summed E-state index contributed by atoms with van der Waals surface area (Å²) in [4.78, 5) is 0. The van der Waals surface area contributed by atoms with E-state index in [0.29, 0.717) is 19.8 Å². The summed E-state index contributed by atoms with van der Waals surface area (Å²) in [6.45, 7) is 9.83. The van der Waals surface area contributed by atoms with E-state index < -0.39 is 6.07 Å². The van der Waals surface area contributed by atoms with Crippen LogP contribution in [0.4, 0.5) is 0 Å². The van der Waals surface area contributed by atoms with Gasteiger partial charge in [0.05, 0.1) is 26.4 Å². The number of ether oxygens (including phenoxy) is 2. The molecule has 0 aliphatic carbocycles. The number of halogens is 2. The Balaban J connectivity index is 4.00. The zero-order valence-corrected chi connectivity index (χ0v) is 14.1. The van der Waals surface area contributed by atoms with Crippen LogP contribution in [0.1, 0.15) is 27.7 Å². The lowest BCUT2D eigenvalue weighted by Gasteiger charge is -2.28. The van der Waals surface area contributed by atoms with Crippen LogP contribution >= 0.6 is 28.6 Å². The quantitative estimate of drug-likeness (QED) is 0.594. The van der Waals surface area contributed by atoms with Crippen molar-refractivity contribution in [3.63, 3.8) is 0 Å². The molecule has 0 aromatic carbocycles. The highest BCUT2D eigenvalue weighted by molar-refractivity contribution is 8.05. The third-order valence-corrected chi connectivity index (χ3v) is 3.14. The summed E-state index contributed by atoms with van der Waals surface area (Å²) in [5.74, 6) is 0. The van der Waals surface area contributed by atoms with Gasteiger partial charge >= 0.3 is 6.07 Å². The molecule has 0 heterocycles. The van der Waals surface area contributed by atoms with Gasteiger partial charge in [0.15, 0.2) is 0 Å². The van der Waals surface area contributed by atoms with Crippen molar-refractivity contribution in [2.75, 3.05) is 33.5 Å². The van der Waals surface area contributed by atoms with Crippen molar-refractivity contribution in [1.29, 1.82) is 0 Å². The minimum absolute atomic E-state index is 0.0417. The van der Waals surface area contributed by atoms with Gasteiger partial charge < -0.3 is 14.0 Å². The molecular formula is C11H23Cl2O4P. The van der Waals surface area contributed by atoms with Gasteiger partial charge in [0.25, 0.3) is 0 Å². The first-order chi connectivity index (χ1) is 7.97. The van der Waals surface area contributed by atoms with Gasteiger partial charge in [0, 0.05) is 17.9 Å². The smallest absolute Gasteiger partial charge is 0.380 e. The standard InChI is InChI=1S/C11H23Cl2O4P/c1-10(2,6-15-5)7-16-8-11(3,4)9-17-18(12,13)14/h6-9H2,1-5H3. The van der Waals surface area contributed by atoms with Crippen LogP contribution in [0, 0.1) is 10.8 Å². The first-order valence-electron chi connectivity index (χ1n) is 5.68. The fraction of sp³-hybridized carbons (Fsp3) is 1.00. The highest BCUT2D eigenvalue weighted by Crippen LogP contribution is 2.58. The Hall–Kier alpha value is 0.690. The van der Waals surface area contributed by atoms with Crippen molar-refractivity contribution in [3.8, 4) is 0 Å². The van der Waals surface area contributed by atoms with Crippen molar-refractivity contribution in [1.82, 2.24) is 0 Å². The van der Waals surface area contributed by atoms with Crippen LogP contribution in [0.3, 0.4) is 0 Å². The molecule has 0 fully saturated rings. The Morgan fingerprint density at radius 3 is 1.78 bits per heavy atom. The molecule has 110 valence electrons. The molecule has 0 atom stereocenters. The number of hydrogen-bond donors (Lipinski definition) is 0. The average Bonchev–Trinajstić information content (AvgIpc) is 2.13. The lowest BCUT2D eigenvalue weighted by molar-refractivity contribution is -0.0240. The Morgan fingerprint density at radius 2 is 1.39 bits per heavy atom. The largest absolute Gasteiger partial charge is 0.384 e. The fourth-order valence-electron chi connectivity index (χ4n) is 1.33. The lowest BCUT2D eigenvalue weighted by atomic mass is 9.94. The molecule has 0 spiro atoms. The Morgan fingerprint density at radius 1 is 0.944 bits per heavy atom. The highest BCUT2D eigenvalue weighted by atomic mass is 35.9. The fourth-order valence-corrected chi connectivity index (χ4v) is 2.12. The molecule has 0 aliphatic rings. The summed E-state index contributed by atoms with van der Waals surface area (Å²) >= 11 is 10.7. The molecule has 0 saturated heterocycles. The van der Waals surface area contributed by atoms with Crippen LogP contribution in [0.15, 0.2) is 0 Å². The first-order valence-corrected chi connectivity index (χ1v) is 9.12. The maximum absolute atomic E-state index is 11.0. The molecule has 0 aliphatic heterocycles. The molecule has 0 unspecified atom stereocenters. The second kappa shape index (κ2) is 7.47. The molecule has 0 radical (unpaired) electrons. The zero-order chi connectivity index (χ0) is 14.4. The summed E-state index contributed by atoms with van der Waals surface area (Å²) in [6, 6.07) is 0. The first kappa shape index (κ1) is 18.7. The maximum Gasteiger partial charge on any atom is 0.380 e. The predicted octanol–water partition coefficient (Wildman–Crippen LogP) is 4.30. The molecule has 0 bridgehead atoms. The van der Waals surface area contributed by atoms with Crippen molar-refractivity contribution in [2.45, 2.75) is 27.7 Å². The summed E-state index contributed by atoms with van der Waals surface area (Å²) in [7, 11) is 1.66. The Bertz CT molecular complexity index is 289. The molecule has 0 saturated carbocycles. The van der Waals surface area contributed by atoms with Gasteiger partial charge in [-0.05, 0) is 22.5 Å². The van der Waals surface area contributed by atoms with Crippen LogP contribution in [0.5, 0.6) is 0 Å². The van der Waals surface area contributed by atoms with Gasteiger partial charge in [-0.3, -0.25) is 4.57 Å². The molecular weight excluding hydrogens is 298 g/mol. The van der Waals surface area contributed by atoms with Crippen LogP contribution in [-0.4, -0.2) is 33.5 Å². The van der Waals surface area contributed by atoms with Crippen LogP contribution in [0.2, 0.25) is 0 Å². The second-order valence-corrected chi connectivity index (χ2v) is 10.2. The zero-order valence-electron chi connectivity index (χ0n) is 11.7. The lowest BCUT2D eigenvalue weighted by Crippen LogP contribution is -2.30. The van der Waals surface area contributed by atoms with E-state index in [1.165, 1.54) is 0 Å². The van der Waals surface area contributed by atoms with Crippen molar-refractivity contribution < 1.29 is 18.6 Å². The highest BCUT2D eigenvalue weighted by Gasteiger charge is 2.26. The number of hydrogen-bond acceptors (Lipinski definition) is 4. The van der Waals surface area contributed by atoms with Crippen molar-refractivity contribution in [3.05, 3.63) is 0 Å². The van der Waals surface area contributed by atoms with E-state index in [2.05, 4.69) is 13.8 Å². The molecule has 0 aromatic heterocycles. The Labute approximate surface area is 119 Å². The monoisotopic (exact) mass is 320 g/mol. The van der Waals surface area contributed by atoms with Crippen LogP contribution in [0.25, 0.3) is 0 Å². The minimum Gasteiger partial charge on any atom is -0.384 e. The van der Waals surface area contributed by atoms with Gasteiger partial charge in [0.1, 0.15) is 0 Å².